The zero-order valence-electron chi connectivity index (χ0n) is 75.3. The number of carbonyl (C=O) groups excluding carboxylic acids is 2. The summed E-state index contributed by atoms with van der Waals surface area (Å²) in [5.74, 6) is 1.35. The monoisotopic (exact) mass is 1830 g/mol. The molecule has 8 aliphatic rings. The summed E-state index contributed by atoms with van der Waals surface area (Å²) in [5.41, 5.74) is 6.08. The number of ether oxygens (including phenoxy) is 12. The van der Waals surface area contributed by atoms with Gasteiger partial charge in [0.25, 0.3) is 11.1 Å². The van der Waals surface area contributed by atoms with Crippen molar-refractivity contribution in [2.75, 3.05) is 51.1 Å². The number of nitrogen functional groups attached to an aromatic ring is 1. The van der Waals surface area contributed by atoms with Crippen LogP contribution < -0.4 is 44.6 Å². The number of imidazole rings is 1. The van der Waals surface area contributed by atoms with E-state index < -0.39 is 144 Å². The molecule has 21 atom stereocenters. The summed E-state index contributed by atoms with van der Waals surface area (Å²) >= 11 is 1.63. The second-order valence-electron chi connectivity index (χ2n) is 33.6. The number of nitrogens with zero attached hydrogens (tertiary/aromatic N) is 13. The summed E-state index contributed by atoms with van der Waals surface area (Å²) in [7, 11) is 0. The largest absolute Gasteiger partial charge is 0.387 e. The number of azide groups is 1. The number of carbonyl (C=O) groups is 2. The van der Waals surface area contributed by atoms with Gasteiger partial charge >= 0.3 is 29.1 Å². The number of urea groups is 2. The number of hydrogen-bond acceptors (Lipinski definition) is 31. The first-order valence-electron chi connectivity index (χ1n) is 41.8. The Labute approximate surface area is 740 Å². The van der Waals surface area contributed by atoms with Gasteiger partial charge in [0.1, 0.15) is 84.0 Å². The number of H-pyrrole nitrogens is 2. The van der Waals surface area contributed by atoms with Gasteiger partial charge in [0, 0.05) is 70.7 Å². The van der Waals surface area contributed by atoms with Gasteiger partial charge in [0.05, 0.1) is 94.7 Å². The molecule has 0 spiro atoms. The van der Waals surface area contributed by atoms with E-state index in [2.05, 4.69) is 63.7 Å². The van der Waals surface area contributed by atoms with E-state index in [-0.39, 0.29) is 110 Å². The first-order chi connectivity index (χ1) is 59.9. The lowest BCUT2D eigenvalue weighted by Gasteiger charge is -2.35. The first kappa shape index (κ1) is 104. The number of nitrogens with one attached hydrogen (secondary N) is 4. The summed E-state index contributed by atoms with van der Waals surface area (Å²) in [4.78, 5) is 108. The summed E-state index contributed by atoms with van der Waals surface area (Å²) in [6, 6.07) is 1.67. The number of aryl methyl sites for hydroxylation is 3. The molecule has 5 aromatic heterocycles. The van der Waals surface area contributed by atoms with E-state index in [1.165, 1.54) is 71.7 Å². The number of aromatic nitrogens is 10. The van der Waals surface area contributed by atoms with E-state index in [0.717, 1.165) is 14.4 Å². The van der Waals surface area contributed by atoms with Gasteiger partial charge in [-0.15, -0.1) is 11.8 Å². The average Bonchev–Trinajstić information content (AvgIpc) is 1.61. The van der Waals surface area contributed by atoms with Gasteiger partial charge in [-0.25, -0.2) is 47.1 Å². The molecule has 0 bridgehead atoms. The Morgan fingerprint density at radius 2 is 1.05 bits per heavy atom. The number of fused-ring (bicyclic) bond motifs is 1. The Morgan fingerprint density at radius 1 is 0.586 bits per heavy atom. The third-order valence-electron chi connectivity index (χ3n) is 21.0. The molecule has 0 aromatic carbocycles. The fourth-order valence-corrected chi connectivity index (χ4v) is 15.0. The molecular formula is C82H123F3N18O24S. The van der Waals surface area contributed by atoms with Crippen molar-refractivity contribution < 1.29 is 105 Å². The molecule has 712 valence electrons. The van der Waals surface area contributed by atoms with Crippen LogP contribution in [0.3, 0.4) is 0 Å². The molecule has 8 aliphatic heterocycles. The number of anilines is 1. The van der Waals surface area contributed by atoms with Gasteiger partial charge in [-0.3, -0.25) is 42.6 Å². The molecule has 0 aliphatic carbocycles. The van der Waals surface area contributed by atoms with E-state index in [1.54, 1.807) is 63.9 Å². The number of aliphatic hydroxyl groups excluding tert-OH is 4. The number of allylic oxidation sites excluding steroid dienone is 2. The number of nitrogens with two attached hydrogens (primary N) is 1. The Balaban J connectivity index is 0.000000190. The lowest BCUT2D eigenvalue weighted by molar-refractivity contribution is -0.0977. The summed E-state index contributed by atoms with van der Waals surface area (Å²) in [6.45, 7) is 41.3. The van der Waals surface area contributed by atoms with Gasteiger partial charge in [-0.1, -0.05) is 25.2 Å². The van der Waals surface area contributed by atoms with Gasteiger partial charge in [0.2, 0.25) is 0 Å². The number of amides is 4. The average molecular weight is 1830 g/mol. The van der Waals surface area contributed by atoms with Crippen LogP contribution in [-0.4, -0.2) is 279 Å². The Hall–Kier alpha value is -9.14. The van der Waals surface area contributed by atoms with Crippen LogP contribution in [0.4, 0.5) is 28.6 Å². The zero-order valence-corrected chi connectivity index (χ0v) is 76.1. The van der Waals surface area contributed by atoms with Crippen LogP contribution in [-0.2, 0) is 56.8 Å². The van der Waals surface area contributed by atoms with Gasteiger partial charge < -0.3 is 104 Å². The third kappa shape index (κ3) is 26.2. The Bertz CT molecular complexity index is 5020. The van der Waals surface area contributed by atoms with Crippen molar-refractivity contribution in [1.82, 2.24) is 68.6 Å². The summed E-state index contributed by atoms with van der Waals surface area (Å²) in [5, 5.41) is 60.3. The highest BCUT2D eigenvalue weighted by molar-refractivity contribution is 8.00. The summed E-state index contributed by atoms with van der Waals surface area (Å²) in [6.07, 6.45) is -2.32. The van der Waals surface area contributed by atoms with E-state index in [4.69, 9.17) is 68.1 Å². The molecule has 2 unspecified atom stereocenters. The molecule has 0 saturated carbocycles. The molecule has 13 heterocycles. The maximum Gasteiger partial charge on any atom is 0.351 e. The van der Waals surface area contributed by atoms with E-state index in [9.17, 15) is 67.9 Å². The number of alkyl halides is 3. The molecule has 5 aromatic rings. The number of rotatable bonds is 26. The van der Waals surface area contributed by atoms with Gasteiger partial charge in [-0.2, -0.15) is 9.97 Å². The quantitative estimate of drug-likeness (QED) is 0.0176. The van der Waals surface area contributed by atoms with Crippen LogP contribution in [0.1, 0.15) is 166 Å². The minimum Gasteiger partial charge on any atom is -0.387 e. The van der Waals surface area contributed by atoms with E-state index >= 15 is 4.39 Å². The second kappa shape index (κ2) is 45.1. The minimum absolute atomic E-state index is 0.00950. The maximum atomic E-state index is 15.2. The van der Waals surface area contributed by atoms with Gasteiger partial charge in [-0.05, 0) is 161 Å². The topological polar surface area (TPSA) is 540 Å². The fraction of sp³-hybridized carbons (Fsp3) is 0.671. The molecule has 4 amide bonds. The van der Waals surface area contributed by atoms with Crippen molar-refractivity contribution in [1.29, 1.82) is 0 Å². The zero-order chi connectivity index (χ0) is 95.1. The van der Waals surface area contributed by atoms with Crippen LogP contribution in [0, 0.1) is 20.8 Å². The molecule has 11 N–H and O–H groups in total. The minimum atomic E-state index is -2.11. The Morgan fingerprint density at radius 3 is 1.56 bits per heavy atom. The standard InChI is InChI=1S/C15H23FN2O4.C15H22N4O5.2C14H21FN2O4.C13H19N5O4.C11H17N3O3S/c1-5-15(16)12(19)11(8-21-9(2)3)22-13(15)18-7-6-10(4)17-14(18)20;1-7(2)23-5-9-11(20)15(4,22)14(24-9)19-6-16-10-12(19)17-8(3)18-13(10)21;2*1-8(2)20-7-10-11(18)14(4,15)12(21-10)17-6-5-9(3)16-13(17)19;1-7(2)21-6-10-9(16-17-14)4-11(22-10)18-5-8(3)12(19)15-13(18)20;1-7(2)16-5-10-17-9(6-18-10)14-4-3-8(12)13-11(14)15/h6-7,9,11-13,19H,4-5,8H2,1-3H3,(H,17,20);6-7,9,11,14,20,22H,5H2,1-4H3,(H,17,18,21);5-6,8,10-12,18H,7H2,1-4H3;5-6,8,10-12,18H,3,7H2,1-2,4H3,(H,16,19);5,7,9-11H,4,6H2,1-3H3,(H,15,19,20);3-4,7,9-10H,5-6H2,1-2H3,(H2,12,13,15)/t11-,12-,13-,15-;9-,11-,14-,15-;2*10-,11-,12-,14-;9-,10+,11?;9?,10-/m111101/s1. The van der Waals surface area contributed by atoms with Crippen molar-refractivity contribution in [2.45, 2.75) is 307 Å². The highest BCUT2D eigenvalue weighted by Crippen LogP contribution is 2.44. The third-order valence-corrected chi connectivity index (χ3v) is 22.1. The molecule has 46 heteroatoms. The van der Waals surface area contributed by atoms with Gasteiger partial charge in [0.15, 0.2) is 53.1 Å². The summed E-state index contributed by atoms with van der Waals surface area (Å²) < 4.78 is 117. The highest BCUT2D eigenvalue weighted by atomic mass is 32.2. The molecule has 6 saturated heterocycles. The molecule has 6 fully saturated rings. The predicted octanol–water partition coefficient (Wildman–Crippen LogP) is 5.85. The van der Waals surface area contributed by atoms with Crippen LogP contribution in [0.25, 0.3) is 21.6 Å². The first-order valence-corrected chi connectivity index (χ1v) is 42.9. The van der Waals surface area contributed by atoms with Crippen molar-refractivity contribution in [3.63, 3.8) is 0 Å². The number of aromatic amines is 2. The molecule has 42 nitrogen and oxygen atoms in total. The molecule has 128 heavy (non-hydrogen) atoms. The van der Waals surface area contributed by atoms with Crippen LogP contribution in [0.15, 0.2) is 115 Å². The van der Waals surface area contributed by atoms with Crippen LogP contribution in [0.2, 0.25) is 0 Å². The van der Waals surface area contributed by atoms with Crippen molar-refractivity contribution in [2.24, 2.45) is 5.11 Å². The second-order valence-corrected chi connectivity index (χ2v) is 34.8. The smallest absolute Gasteiger partial charge is 0.351 e. The predicted molar refractivity (Wildman–Crippen MR) is 460 cm³/mol. The van der Waals surface area contributed by atoms with Crippen LogP contribution >= 0.6 is 11.8 Å². The highest BCUT2D eigenvalue weighted by Gasteiger charge is 2.61. The lowest BCUT2D eigenvalue weighted by atomic mass is 9.92. The molecular weight excluding hydrogens is 1710 g/mol. The maximum absolute atomic E-state index is 15.2. The fourth-order valence-electron chi connectivity index (χ4n) is 14.0. The Kier molecular flexibility index (Phi) is 36.7. The van der Waals surface area contributed by atoms with E-state index in [0.29, 0.717) is 52.9 Å². The van der Waals surface area contributed by atoms with Crippen LogP contribution in [0.5, 0.6) is 0 Å². The SMILES string of the molecule is C=C1C=CN([C@@H]2O[C@H](COC(C)C)[C@@H](O)[C@@]2(C)F)C(=O)N1.C=C1C=CN([C@@H]2O[C@H](COC(C)C)[C@@H](O)[C@]2(F)CC)C(=O)N1.CC(C)OC[C@@H]1OC(n2ccc(N)nc2=O)CS1.Cc1ccn([C@@H]2O[C@H](COC(C)C)[C@@H](O)[C@@]2(C)F)c(=O)n1.Cc1cn(C2C[C@H](N=[N+]=[N-])[C@@H](COC(C)C)O2)c(=O)[nH]c1=O.Cc1nc2c(ncn2[C@@H]2O[C@H](COC(C)C)[C@@H](O)[C@@]2(C)O)c(=O)[nH]1. The number of hydrogen-bond donors (Lipinski definition) is 10. The normalized spacial score (nSPS) is 30.7. The number of thioether (sulfide) groups is 1. The molecule has 13 rings (SSSR count). The van der Waals surface area contributed by atoms with E-state index in [1.807, 2.05) is 83.1 Å². The lowest BCUT2D eigenvalue weighted by Crippen LogP contribution is -2.54. The van der Waals surface area contributed by atoms with Crippen molar-refractivity contribution in [3.05, 3.63) is 166 Å². The van der Waals surface area contributed by atoms with Crippen molar-refractivity contribution in [3.8, 4) is 0 Å². The number of aliphatic hydroxyl groups is 5. The van der Waals surface area contributed by atoms with Crippen molar-refractivity contribution >= 4 is 40.8 Å². The number of halogens is 3. The molecule has 0 radical (unpaired) electrons.